The fourth-order valence-electron chi connectivity index (χ4n) is 2.84. The summed E-state index contributed by atoms with van der Waals surface area (Å²) in [6, 6.07) is 12.8. The van der Waals surface area contributed by atoms with Gasteiger partial charge in [-0.1, -0.05) is 24.3 Å². The topological polar surface area (TPSA) is 147 Å². The molecule has 0 aliphatic carbocycles. The van der Waals surface area contributed by atoms with Gasteiger partial charge in [0.05, 0.1) is 18.4 Å². The first-order chi connectivity index (χ1) is 13.9. The summed E-state index contributed by atoms with van der Waals surface area (Å²) >= 11 is 0. The lowest BCUT2D eigenvalue weighted by atomic mass is 10.0. The van der Waals surface area contributed by atoms with Crippen molar-refractivity contribution in [3.63, 3.8) is 0 Å². The lowest BCUT2D eigenvalue weighted by molar-refractivity contribution is 0.0697. The number of rotatable bonds is 6. The number of nitrogens with two attached hydrogens (primary N) is 1. The standard InChI is InChI=1S/C20H18N4O5/c1-29-15-5-3-2-4-14(15)24-20(28)23-12-8-6-11(7-9-12)16-13(19(26)27)10-22-17(16)18(21)25/h2-10,22H,1H3,(H2,21,25)(H,26,27)(H2,23,24,28). The molecule has 0 aliphatic rings. The third-order valence-corrected chi connectivity index (χ3v) is 4.14. The molecular weight excluding hydrogens is 376 g/mol. The van der Waals surface area contributed by atoms with Crippen molar-refractivity contribution in [3.05, 3.63) is 66.0 Å². The monoisotopic (exact) mass is 394 g/mol. The van der Waals surface area contributed by atoms with E-state index in [-0.39, 0.29) is 16.8 Å². The highest BCUT2D eigenvalue weighted by molar-refractivity contribution is 6.06. The number of urea groups is 1. The van der Waals surface area contributed by atoms with Gasteiger partial charge >= 0.3 is 12.0 Å². The van der Waals surface area contributed by atoms with E-state index in [9.17, 15) is 19.5 Å². The summed E-state index contributed by atoms with van der Waals surface area (Å²) < 4.78 is 5.18. The van der Waals surface area contributed by atoms with Crippen LogP contribution in [0.2, 0.25) is 0 Å². The number of primary amides is 1. The Morgan fingerprint density at radius 3 is 2.34 bits per heavy atom. The van der Waals surface area contributed by atoms with Crippen LogP contribution in [0.3, 0.4) is 0 Å². The Labute approximate surface area is 165 Å². The largest absolute Gasteiger partial charge is 0.495 e. The maximum Gasteiger partial charge on any atom is 0.337 e. The molecular formula is C20H18N4O5. The number of benzene rings is 2. The van der Waals surface area contributed by atoms with Crippen LogP contribution in [0.1, 0.15) is 20.8 Å². The summed E-state index contributed by atoms with van der Waals surface area (Å²) in [4.78, 5) is 37.8. The highest BCUT2D eigenvalue weighted by Gasteiger charge is 2.21. The van der Waals surface area contributed by atoms with Crippen molar-refractivity contribution in [3.8, 4) is 16.9 Å². The minimum absolute atomic E-state index is 0.00275. The van der Waals surface area contributed by atoms with Crippen molar-refractivity contribution >= 4 is 29.3 Å². The van der Waals surface area contributed by atoms with Gasteiger partial charge < -0.3 is 31.2 Å². The van der Waals surface area contributed by atoms with E-state index in [1.807, 2.05) is 0 Å². The number of aromatic amines is 1. The average molecular weight is 394 g/mol. The fourth-order valence-corrected chi connectivity index (χ4v) is 2.84. The molecule has 0 aliphatic heterocycles. The lowest BCUT2D eigenvalue weighted by Crippen LogP contribution is -2.19. The summed E-state index contributed by atoms with van der Waals surface area (Å²) in [5, 5.41) is 14.7. The number of carboxylic acids is 1. The van der Waals surface area contributed by atoms with Crippen LogP contribution in [0.15, 0.2) is 54.7 Å². The Morgan fingerprint density at radius 1 is 1.03 bits per heavy atom. The summed E-state index contributed by atoms with van der Waals surface area (Å²) in [6.07, 6.45) is 1.21. The van der Waals surface area contributed by atoms with Gasteiger partial charge in [0.1, 0.15) is 11.4 Å². The van der Waals surface area contributed by atoms with Crippen LogP contribution in [0.5, 0.6) is 5.75 Å². The highest BCUT2D eigenvalue weighted by Crippen LogP contribution is 2.29. The summed E-state index contributed by atoms with van der Waals surface area (Å²) in [5.41, 5.74) is 6.87. The van der Waals surface area contributed by atoms with E-state index in [1.54, 1.807) is 48.5 Å². The van der Waals surface area contributed by atoms with Crippen LogP contribution in [0, 0.1) is 0 Å². The molecule has 0 spiro atoms. The van der Waals surface area contributed by atoms with E-state index >= 15 is 0 Å². The Morgan fingerprint density at radius 2 is 1.72 bits per heavy atom. The maximum atomic E-state index is 12.2. The van der Waals surface area contributed by atoms with Crippen LogP contribution >= 0.6 is 0 Å². The van der Waals surface area contributed by atoms with Crippen molar-refractivity contribution in [1.82, 2.24) is 4.98 Å². The highest BCUT2D eigenvalue weighted by atomic mass is 16.5. The van der Waals surface area contributed by atoms with E-state index in [2.05, 4.69) is 15.6 Å². The van der Waals surface area contributed by atoms with Crippen LogP contribution < -0.4 is 21.1 Å². The van der Waals surface area contributed by atoms with Crippen LogP contribution in [0.25, 0.3) is 11.1 Å². The SMILES string of the molecule is COc1ccccc1NC(=O)Nc1ccc(-c2c(C(=O)O)c[nH]c2C(N)=O)cc1. The second-order valence-electron chi connectivity index (χ2n) is 5.98. The second-order valence-corrected chi connectivity index (χ2v) is 5.98. The van der Waals surface area contributed by atoms with E-state index in [0.717, 1.165) is 0 Å². The predicted octanol–water partition coefficient (Wildman–Crippen LogP) is 3.13. The summed E-state index contributed by atoms with van der Waals surface area (Å²) in [7, 11) is 1.50. The number of H-pyrrole nitrogens is 1. The number of anilines is 2. The Balaban J connectivity index is 1.79. The van der Waals surface area contributed by atoms with E-state index < -0.39 is 17.9 Å². The number of carboxylic acid groups (broad SMARTS) is 1. The Bertz CT molecular complexity index is 1040. The first-order valence-corrected chi connectivity index (χ1v) is 8.46. The van der Waals surface area contributed by atoms with Gasteiger partial charge in [-0.15, -0.1) is 0 Å². The molecule has 1 heterocycles. The van der Waals surface area contributed by atoms with Gasteiger partial charge in [0.2, 0.25) is 0 Å². The molecule has 0 saturated carbocycles. The molecule has 0 fully saturated rings. The number of aromatic carboxylic acids is 1. The van der Waals surface area contributed by atoms with Gasteiger partial charge in [0, 0.05) is 17.4 Å². The quantitative estimate of drug-likeness (QED) is 0.436. The number of aromatic nitrogens is 1. The predicted molar refractivity (Wildman–Crippen MR) is 107 cm³/mol. The molecule has 29 heavy (non-hydrogen) atoms. The van der Waals surface area contributed by atoms with E-state index in [1.165, 1.54) is 13.3 Å². The molecule has 6 N–H and O–H groups in total. The van der Waals surface area contributed by atoms with Gasteiger partial charge in [0.15, 0.2) is 0 Å². The molecule has 3 aromatic rings. The Hall–Kier alpha value is -4.27. The number of methoxy groups -OCH3 is 1. The lowest BCUT2D eigenvalue weighted by Gasteiger charge is -2.11. The van der Waals surface area contributed by atoms with Crippen molar-refractivity contribution in [1.29, 1.82) is 0 Å². The van der Waals surface area contributed by atoms with Crippen LogP contribution in [0.4, 0.5) is 16.2 Å². The zero-order valence-electron chi connectivity index (χ0n) is 15.4. The molecule has 0 unspecified atom stereocenters. The number of nitrogens with one attached hydrogen (secondary N) is 3. The number of carbonyl (C=O) groups excluding carboxylic acids is 2. The van der Waals surface area contributed by atoms with Crippen molar-refractivity contribution in [2.24, 2.45) is 5.73 Å². The van der Waals surface area contributed by atoms with Crippen LogP contribution in [-0.2, 0) is 0 Å². The molecule has 1 aromatic heterocycles. The minimum atomic E-state index is -1.19. The molecule has 0 saturated heterocycles. The summed E-state index contributed by atoms with van der Waals surface area (Å²) in [6.45, 7) is 0. The molecule has 9 nitrogen and oxygen atoms in total. The molecule has 0 bridgehead atoms. The van der Waals surface area contributed by atoms with Gasteiger partial charge in [-0.25, -0.2) is 9.59 Å². The van der Waals surface area contributed by atoms with Crippen molar-refractivity contribution in [2.75, 3.05) is 17.7 Å². The zero-order valence-corrected chi connectivity index (χ0v) is 15.4. The van der Waals surface area contributed by atoms with Crippen LogP contribution in [-0.4, -0.2) is 35.1 Å². The van der Waals surface area contributed by atoms with Gasteiger partial charge in [-0.3, -0.25) is 4.79 Å². The average Bonchev–Trinajstić information content (AvgIpc) is 3.15. The minimum Gasteiger partial charge on any atom is -0.495 e. The molecule has 9 heteroatoms. The normalized spacial score (nSPS) is 10.2. The first-order valence-electron chi connectivity index (χ1n) is 8.46. The second kappa shape index (κ2) is 8.17. The number of amides is 3. The smallest absolute Gasteiger partial charge is 0.337 e. The molecule has 0 atom stereocenters. The first kappa shape index (κ1) is 19.5. The zero-order chi connectivity index (χ0) is 21.0. The summed E-state index contributed by atoms with van der Waals surface area (Å²) in [5.74, 6) is -1.45. The molecule has 2 aromatic carbocycles. The van der Waals surface area contributed by atoms with Gasteiger partial charge in [-0.05, 0) is 29.8 Å². The number of ether oxygens (including phenoxy) is 1. The number of para-hydroxylation sites is 2. The number of hydrogen-bond acceptors (Lipinski definition) is 4. The van der Waals surface area contributed by atoms with E-state index in [0.29, 0.717) is 22.7 Å². The van der Waals surface area contributed by atoms with Crippen molar-refractivity contribution < 1.29 is 24.2 Å². The van der Waals surface area contributed by atoms with E-state index in [4.69, 9.17) is 10.5 Å². The third-order valence-electron chi connectivity index (χ3n) is 4.14. The molecule has 3 rings (SSSR count). The fraction of sp³-hybridized carbons (Fsp3) is 0.0500. The van der Waals surface area contributed by atoms with Crippen molar-refractivity contribution in [2.45, 2.75) is 0 Å². The Kier molecular flexibility index (Phi) is 5.49. The molecule has 3 amide bonds. The number of hydrogen-bond donors (Lipinski definition) is 5. The van der Waals surface area contributed by atoms with Gasteiger partial charge in [0.25, 0.3) is 5.91 Å². The third kappa shape index (κ3) is 4.19. The molecule has 148 valence electrons. The maximum absolute atomic E-state index is 12.2. The molecule has 0 radical (unpaired) electrons. The van der Waals surface area contributed by atoms with Gasteiger partial charge in [-0.2, -0.15) is 0 Å². The number of carbonyl (C=O) groups is 3.